The molecule has 10 heteroatoms. The van der Waals surface area contributed by atoms with Crippen LogP contribution in [0, 0.1) is 11.8 Å². The molecule has 182 valence electrons. The number of ether oxygens (including phenoxy) is 1. The maximum absolute atomic E-state index is 13.5. The highest BCUT2D eigenvalue weighted by Gasteiger charge is 2.60. The molecule has 1 aromatic carbocycles. The Kier molecular flexibility index (Phi) is 5.71. The third kappa shape index (κ3) is 3.44. The molecular weight excluding hydrogens is 444 g/mol. The molecule has 1 aliphatic heterocycles. The van der Waals surface area contributed by atoms with Gasteiger partial charge < -0.3 is 30.5 Å². The van der Waals surface area contributed by atoms with Crippen molar-refractivity contribution in [2.75, 3.05) is 33.0 Å². The number of rotatable bonds is 3. The number of phenols is 1. The van der Waals surface area contributed by atoms with Crippen molar-refractivity contribution in [2.24, 2.45) is 11.8 Å². The number of morpholine rings is 1. The Labute approximate surface area is 195 Å². The molecule has 1 saturated heterocycles. The third-order valence-corrected chi connectivity index (χ3v) is 7.67. The van der Waals surface area contributed by atoms with Gasteiger partial charge in [-0.3, -0.25) is 19.3 Å². The van der Waals surface area contributed by atoms with Gasteiger partial charge in [-0.2, -0.15) is 0 Å². The number of aliphatic hydroxyl groups is 3. The van der Waals surface area contributed by atoms with Crippen LogP contribution >= 0.6 is 0 Å². The van der Waals surface area contributed by atoms with Crippen molar-refractivity contribution >= 4 is 17.5 Å². The normalized spacial score (nSPS) is 33.7. The third-order valence-electron chi connectivity index (χ3n) is 7.67. The Balaban J connectivity index is 1.57. The first-order valence-electron chi connectivity index (χ1n) is 11.5. The Morgan fingerprint density at radius 1 is 1.18 bits per heavy atom. The van der Waals surface area contributed by atoms with Crippen molar-refractivity contribution in [1.82, 2.24) is 10.2 Å². The minimum atomic E-state index is -2.29. The van der Waals surface area contributed by atoms with Gasteiger partial charge in [-0.1, -0.05) is 12.1 Å². The SMILES string of the molecule is O=C1C2=C(O)C3(O)C(=O)CC(O)CC3CC2C(C(=O)NCN2CCOCC2)c2cccc(O)c21. The highest BCUT2D eigenvalue weighted by molar-refractivity contribution is 6.16. The van der Waals surface area contributed by atoms with E-state index < -0.39 is 52.7 Å². The topological polar surface area (TPSA) is 157 Å². The number of hydrogen-bond acceptors (Lipinski definition) is 9. The number of carbonyl (C=O) groups excluding carboxylic acids is 3. The van der Waals surface area contributed by atoms with E-state index in [4.69, 9.17) is 4.74 Å². The standard InChI is InChI=1S/C24H28N2O8/c27-13-8-12-9-15-18(23(32)25-11-26-4-6-34-7-5-26)14-2-1-3-16(28)19(14)21(30)20(15)22(31)24(12,33)17(29)10-13/h1-3,12-13,15,18,27-28,31,33H,4-11H2,(H,25,32). The maximum atomic E-state index is 13.5. The molecule has 34 heavy (non-hydrogen) atoms. The fourth-order valence-electron chi connectivity index (χ4n) is 5.95. The number of carbonyl (C=O) groups is 3. The molecule has 1 heterocycles. The number of fused-ring (bicyclic) bond motifs is 3. The first-order chi connectivity index (χ1) is 16.2. The van der Waals surface area contributed by atoms with Crippen molar-refractivity contribution in [3.63, 3.8) is 0 Å². The van der Waals surface area contributed by atoms with Gasteiger partial charge in [0.2, 0.25) is 5.91 Å². The predicted molar refractivity (Wildman–Crippen MR) is 117 cm³/mol. The van der Waals surface area contributed by atoms with E-state index in [-0.39, 0.29) is 42.8 Å². The van der Waals surface area contributed by atoms with Gasteiger partial charge in [0.1, 0.15) is 11.5 Å². The fraction of sp³-hybridized carbons (Fsp3) is 0.542. The summed E-state index contributed by atoms with van der Waals surface area (Å²) in [6.45, 7) is 2.70. The Bertz CT molecular complexity index is 1080. The van der Waals surface area contributed by atoms with Crippen molar-refractivity contribution < 1.29 is 39.5 Å². The average Bonchev–Trinajstić information content (AvgIpc) is 2.80. The maximum Gasteiger partial charge on any atom is 0.229 e. The number of Topliss-reactive ketones (excluding diaryl/α,β-unsaturated/α-hetero) is 2. The summed E-state index contributed by atoms with van der Waals surface area (Å²) in [4.78, 5) is 41.7. The second-order valence-electron chi connectivity index (χ2n) is 9.56. The molecular formula is C24H28N2O8. The summed E-state index contributed by atoms with van der Waals surface area (Å²) in [5.41, 5.74) is -2.29. The zero-order valence-corrected chi connectivity index (χ0v) is 18.6. The van der Waals surface area contributed by atoms with Crippen LogP contribution in [0.4, 0.5) is 0 Å². The monoisotopic (exact) mass is 472 g/mol. The molecule has 3 aliphatic carbocycles. The first-order valence-corrected chi connectivity index (χ1v) is 11.5. The van der Waals surface area contributed by atoms with Gasteiger partial charge in [-0.15, -0.1) is 0 Å². The predicted octanol–water partition coefficient (Wildman–Crippen LogP) is -0.0189. The zero-order valence-electron chi connectivity index (χ0n) is 18.6. The molecule has 5 rings (SSSR count). The van der Waals surface area contributed by atoms with Crippen LogP contribution in [-0.4, -0.2) is 87.5 Å². The molecule has 1 saturated carbocycles. The number of nitrogens with one attached hydrogen (secondary N) is 1. The summed E-state index contributed by atoms with van der Waals surface area (Å²) < 4.78 is 5.33. The van der Waals surface area contributed by atoms with Crippen LogP contribution in [-0.2, 0) is 14.3 Å². The van der Waals surface area contributed by atoms with Gasteiger partial charge in [-0.25, -0.2) is 0 Å². The summed E-state index contributed by atoms with van der Waals surface area (Å²) in [5, 5.41) is 45.8. The highest BCUT2D eigenvalue weighted by Crippen LogP contribution is 2.54. The summed E-state index contributed by atoms with van der Waals surface area (Å²) in [6.07, 6.45) is -1.21. The van der Waals surface area contributed by atoms with E-state index in [9.17, 15) is 34.8 Å². The summed E-state index contributed by atoms with van der Waals surface area (Å²) >= 11 is 0. The van der Waals surface area contributed by atoms with Gasteiger partial charge in [0.15, 0.2) is 17.2 Å². The Morgan fingerprint density at radius 2 is 1.91 bits per heavy atom. The number of aromatic hydroxyl groups is 1. The molecule has 1 amide bonds. The first kappa shape index (κ1) is 23.0. The van der Waals surface area contributed by atoms with E-state index >= 15 is 0 Å². The number of benzene rings is 1. The van der Waals surface area contributed by atoms with Crippen LogP contribution in [0.2, 0.25) is 0 Å². The Morgan fingerprint density at radius 3 is 2.65 bits per heavy atom. The van der Waals surface area contributed by atoms with Crippen molar-refractivity contribution in [1.29, 1.82) is 0 Å². The second kappa shape index (κ2) is 8.46. The quantitative estimate of drug-likeness (QED) is 0.408. The fourth-order valence-corrected chi connectivity index (χ4v) is 5.95. The molecule has 5 unspecified atom stereocenters. The second-order valence-corrected chi connectivity index (χ2v) is 9.56. The lowest BCUT2D eigenvalue weighted by Gasteiger charge is -2.48. The molecule has 0 radical (unpaired) electrons. The van der Waals surface area contributed by atoms with Crippen LogP contribution in [0.5, 0.6) is 5.75 Å². The van der Waals surface area contributed by atoms with Crippen molar-refractivity contribution in [3.8, 4) is 5.75 Å². The van der Waals surface area contributed by atoms with E-state index in [0.29, 0.717) is 31.9 Å². The number of amides is 1. The minimum absolute atomic E-state index is 0.0508. The largest absolute Gasteiger partial charge is 0.508 e. The molecule has 2 fully saturated rings. The lowest BCUT2D eigenvalue weighted by atomic mass is 9.57. The molecule has 5 N–H and O–H groups in total. The lowest BCUT2D eigenvalue weighted by Crippen LogP contribution is -2.58. The number of allylic oxidation sites excluding steroid dienone is 1. The van der Waals surface area contributed by atoms with Crippen LogP contribution in [0.15, 0.2) is 29.5 Å². The van der Waals surface area contributed by atoms with Gasteiger partial charge in [0.05, 0.1) is 37.5 Å². The molecule has 0 bridgehead atoms. The lowest BCUT2D eigenvalue weighted by molar-refractivity contribution is -0.155. The summed E-state index contributed by atoms with van der Waals surface area (Å²) in [7, 11) is 0. The van der Waals surface area contributed by atoms with Gasteiger partial charge in [0.25, 0.3) is 0 Å². The van der Waals surface area contributed by atoms with E-state index in [1.54, 1.807) is 12.1 Å². The smallest absolute Gasteiger partial charge is 0.229 e. The van der Waals surface area contributed by atoms with Crippen molar-refractivity contribution in [3.05, 3.63) is 40.7 Å². The number of hydrogen-bond donors (Lipinski definition) is 5. The van der Waals surface area contributed by atoms with Crippen LogP contribution in [0.3, 0.4) is 0 Å². The number of nitrogens with zero attached hydrogens (tertiary/aromatic N) is 1. The van der Waals surface area contributed by atoms with Crippen LogP contribution < -0.4 is 5.32 Å². The molecule has 4 aliphatic rings. The minimum Gasteiger partial charge on any atom is -0.508 e. The number of ketones is 2. The van der Waals surface area contributed by atoms with E-state index in [2.05, 4.69) is 5.32 Å². The molecule has 0 aromatic heterocycles. The Hall–Kier alpha value is -2.79. The molecule has 10 nitrogen and oxygen atoms in total. The van der Waals surface area contributed by atoms with Gasteiger partial charge in [-0.05, 0) is 24.5 Å². The summed E-state index contributed by atoms with van der Waals surface area (Å²) in [6, 6.07) is 4.46. The highest BCUT2D eigenvalue weighted by atomic mass is 16.5. The van der Waals surface area contributed by atoms with E-state index in [1.807, 2.05) is 4.90 Å². The van der Waals surface area contributed by atoms with Crippen LogP contribution in [0.25, 0.3) is 0 Å². The average molecular weight is 472 g/mol. The van der Waals surface area contributed by atoms with Gasteiger partial charge in [0, 0.05) is 36.9 Å². The van der Waals surface area contributed by atoms with Crippen molar-refractivity contribution in [2.45, 2.75) is 36.9 Å². The van der Waals surface area contributed by atoms with E-state index in [0.717, 1.165) is 0 Å². The number of aliphatic hydroxyl groups excluding tert-OH is 2. The molecule has 5 atom stereocenters. The van der Waals surface area contributed by atoms with Crippen LogP contribution in [0.1, 0.15) is 41.1 Å². The molecule has 0 spiro atoms. The van der Waals surface area contributed by atoms with E-state index in [1.165, 1.54) is 6.07 Å². The molecule has 1 aromatic rings. The van der Waals surface area contributed by atoms with Gasteiger partial charge >= 0.3 is 0 Å². The number of phenolic OH excluding ortho intramolecular Hbond substituents is 1. The zero-order chi connectivity index (χ0) is 24.2. The summed E-state index contributed by atoms with van der Waals surface area (Å²) in [5.74, 6) is -5.58.